The molecule has 1 aliphatic heterocycles. The third-order valence-electron chi connectivity index (χ3n) is 5.35. The molecule has 4 rings (SSSR count). The van der Waals surface area contributed by atoms with Crippen LogP contribution in [0.5, 0.6) is 0 Å². The lowest BCUT2D eigenvalue weighted by Crippen LogP contribution is -2.32. The minimum absolute atomic E-state index is 0.305. The molecule has 0 atom stereocenters. The Bertz CT molecular complexity index is 1200. The number of carbonyl (C=O) groups excluding carboxylic acids is 2. The highest BCUT2D eigenvalue weighted by molar-refractivity contribution is 8.04. The van der Waals surface area contributed by atoms with Crippen LogP contribution in [0.25, 0.3) is 0 Å². The summed E-state index contributed by atoms with van der Waals surface area (Å²) in [7, 11) is 0. The second-order valence-electron chi connectivity index (χ2n) is 7.82. The Morgan fingerprint density at radius 1 is 0.710 bits per heavy atom. The highest BCUT2D eigenvalue weighted by Crippen LogP contribution is 2.38. The molecule has 4 nitrogen and oxygen atoms in total. The lowest BCUT2D eigenvalue weighted by Gasteiger charge is -2.15. The molecule has 31 heavy (non-hydrogen) atoms. The van der Waals surface area contributed by atoms with Crippen LogP contribution < -0.4 is 10.2 Å². The van der Waals surface area contributed by atoms with Crippen LogP contribution in [-0.4, -0.2) is 11.8 Å². The van der Waals surface area contributed by atoms with E-state index in [9.17, 15) is 9.59 Å². The summed E-state index contributed by atoms with van der Waals surface area (Å²) in [6, 6.07) is 21.3. The fourth-order valence-corrected chi connectivity index (χ4v) is 4.26. The van der Waals surface area contributed by atoms with Crippen LogP contribution in [0, 0.1) is 27.7 Å². The molecule has 0 saturated heterocycles. The fraction of sp³-hybridized carbons (Fsp3) is 0.154. The van der Waals surface area contributed by atoms with Gasteiger partial charge in [-0.05, 0) is 75.2 Å². The van der Waals surface area contributed by atoms with Crippen LogP contribution in [0.3, 0.4) is 0 Å². The van der Waals surface area contributed by atoms with E-state index < -0.39 is 0 Å². The average Bonchev–Trinajstić information content (AvgIpc) is 2.97. The molecule has 1 heterocycles. The molecule has 1 aliphatic rings. The Balaban J connectivity index is 1.74. The Morgan fingerprint density at radius 2 is 1.32 bits per heavy atom. The number of imide groups is 1. The summed E-state index contributed by atoms with van der Waals surface area (Å²) in [5, 5.41) is 3.23. The molecule has 1 N–H and O–H groups in total. The van der Waals surface area contributed by atoms with Gasteiger partial charge in [0, 0.05) is 10.6 Å². The summed E-state index contributed by atoms with van der Waals surface area (Å²) >= 11 is 1.31. The number of hydrogen-bond donors (Lipinski definition) is 1. The van der Waals surface area contributed by atoms with Crippen molar-refractivity contribution in [2.24, 2.45) is 0 Å². The Kier molecular flexibility index (Phi) is 5.70. The molecular formula is C26H24N2O2S. The van der Waals surface area contributed by atoms with E-state index in [4.69, 9.17) is 0 Å². The number of rotatable bonds is 5. The maximum absolute atomic E-state index is 13.4. The molecule has 2 amide bonds. The van der Waals surface area contributed by atoms with Gasteiger partial charge in [-0.1, -0.05) is 53.2 Å². The maximum Gasteiger partial charge on any atom is 0.283 e. The van der Waals surface area contributed by atoms with E-state index in [1.54, 1.807) is 12.1 Å². The zero-order chi connectivity index (χ0) is 22.1. The smallest absolute Gasteiger partial charge is 0.283 e. The largest absolute Gasteiger partial charge is 0.350 e. The summed E-state index contributed by atoms with van der Waals surface area (Å²) < 4.78 is 0. The van der Waals surface area contributed by atoms with Crippen LogP contribution in [0.1, 0.15) is 22.3 Å². The van der Waals surface area contributed by atoms with E-state index in [0.29, 0.717) is 16.3 Å². The van der Waals surface area contributed by atoms with Gasteiger partial charge in [-0.2, -0.15) is 0 Å². The number of thioether (sulfide) groups is 1. The van der Waals surface area contributed by atoms with Crippen molar-refractivity contribution >= 4 is 35.0 Å². The summed E-state index contributed by atoms with van der Waals surface area (Å²) in [5.41, 5.74) is 6.15. The predicted molar refractivity (Wildman–Crippen MR) is 127 cm³/mol. The number of nitrogens with zero attached hydrogens (tertiary/aromatic N) is 1. The van der Waals surface area contributed by atoms with Crippen molar-refractivity contribution in [3.63, 3.8) is 0 Å². The Morgan fingerprint density at radius 3 is 1.94 bits per heavy atom. The number of benzene rings is 3. The maximum atomic E-state index is 13.4. The highest BCUT2D eigenvalue weighted by atomic mass is 32.2. The van der Waals surface area contributed by atoms with Crippen LogP contribution in [-0.2, 0) is 9.59 Å². The monoisotopic (exact) mass is 428 g/mol. The van der Waals surface area contributed by atoms with Crippen molar-refractivity contribution in [1.29, 1.82) is 0 Å². The summed E-state index contributed by atoms with van der Waals surface area (Å²) in [5.74, 6) is -0.660. The molecule has 0 saturated carbocycles. The zero-order valence-electron chi connectivity index (χ0n) is 18.0. The predicted octanol–water partition coefficient (Wildman–Crippen LogP) is 5.91. The summed E-state index contributed by atoms with van der Waals surface area (Å²) in [4.78, 5) is 29.3. The number of carbonyl (C=O) groups is 2. The van der Waals surface area contributed by atoms with E-state index in [2.05, 4.69) is 5.32 Å². The van der Waals surface area contributed by atoms with Crippen molar-refractivity contribution < 1.29 is 9.59 Å². The molecule has 0 aliphatic carbocycles. The van der Waals surface area contributed by atoms with E-state index in [-0.39, 0.29) is 11.8 Å². The lowest BCUT2D eigenvalue weighted by atomic mass is 10.1. The third-order valence-corrected chi connectivity index (χ3v) is 6.44. The molecule has 5 heteroatoms. The van der Waals surface area contributed by atoms with Gasteiger partial charge in [-0.3, -0.25) is 9.59 Å². The van der Waals surface area contributed by atoms with Crippen molar-refractivity contribution in [2.75, 3.05) is 10.2 Å². The van der Waals surface area contributed by atoms with Crippen LogP contribution in [0.4, 0.5) is 11.4 Å². The molecule has 0 bridgehead atoms. The fourth-order valence-electron chi connectivity index (χ4n) is 3.33. The molecule has 3 aromatic rings. The van der Waals surface area contributed by atoms with E-state index in [1.165, 1.54) is 22.2 Å². The number of nitrogens with one attached hydrogen (secondary N) is 1. The van der Waals surface area contributed by atoms with Gasteiger partial charge in [0.1, 0.15) is 10.6 Å². The van der Waals surface area contributed by atoms with Gasteiger partial charge in [0.05, 0.1) is 5.69 Å². The molecule has 156 valence electrons. The van der Waals surface area contributed by atoms with Crippen molar-refractivity contribution in [1.82, 2.24) is 0 Å². The van der Waals surface area contributed by atoms with Gasteiger partial charge >= 0.3 is 0 Å². The Hall–Kier alpha value is -3.31. The van der Waals surface area contributed by atoms with Crippen molar-refractivity contribution in [2.45, 2.75) is 32.6 Å². The second-order valence-corrected chi connectivity index (χ2v) is 8.91. The standard InChI is InChI=1S/C26H24N2O2S/c1-16-5-11-21(12-6-16)28-25(29)23(27-20-10-9-18(3)19(4)15-20)24(26(28)30)31-22-13-7-17(2)8-14-22/h5-15,27H,1-4H3. The second kappa shape index (κ2) is 8.44. The zero-order valence-corrected chi connectivity index (χ0v) is 18.8. The van der Waals surface area contributed by atoms with E-state index in [0.717, 1.165) is 27.3 Å². The molecular weight excluding hydrogens is 404 g/mol. The first-order valence-corrected chi connectivity index (χ1v) is 10.9. The van der Waals surface area contributed by atoms with E-state index >= 15 is 0 Å². The number of aryl methyl sites for hydroxylation is 4. The summed E-state index contributed by atoms with van der Waals surface area (Å²) in [6.07, 6.45) is 0. The van der Waals surface area contributed by atoms with Gasteiger partial charge in [0.2, 0.25) is 0 Å². The molecule has 0 spiro atoms. The number of amides is 2. The number of anilines is 2. The first-order valence-electron chi connectivity index (χ1n) is 10.1. The third kappa shape index (κ3) is 4.28. The van der Waals surface area contributed by atoms with Crippen LogP contribution >= 0.6 is 11.8 Å². The first-order chi connectivity index (χ1) is 14.8. The van der Waals surface area contributed by atoms with Gasteiger partial charge in [-0.25, -0.2) is 4.90 Å². The quantitative estimate of drug-likeness (QED) is 0.513. The van der Waals surface area contributed by atoms with Crippen molar-refractivity contribution in [3.8, 4) is 0 Å². The minimum atomic E-state index is -0.346. The SMILES string of the molecule is Cc1ccc(SC2=C(Nc3ccc(C)c(C)c3)C(=O)N(c3ccc(C)cc3)C2=O)cc1. The first kappa shape index (κ1) is 20.9. The van der Waals surface area contributed by atoms with E-state index in [1.807, 2.05) is 82.3 Å². The molecule has 0 fully saturated rings. The Labute approximate surface area is 187 Å². The van der Waals surface area contributed by atoms with Gasteiger partial charge in [0.15, 0.2) is 0 Å². The van der Waals surface area contributed by atoms with Gasteiger partial charge in [-0.15, -0.1) is 0 Å². The topological polar surface area (TPSA) is 49.4 Å². The molecule has 0 radical (unpaired) electrons. The molecule has 0 unspecified atom stereocenters. The minimum Gasteiger partial charge on any atom is -0.350 e. The van der Waals surface area contributed by atoms with Gasteiger partial charge < -0.3 is 5.32 Å². The van der Waals surface area contributed by atoms with Gasteiger partial charge in [0.25, 0.3) is 11.8 Å². The van der Waals surface area contributed by atoms with Crippen LogP contribution in [0.2, 0.25) is 0 Å². The summed E-state index contributed by atoms with van der Waals surface area (Å²) in [6.45, 7) is 8.06. The normalized spacial score (nSPS) is 13.9. The highest BCUT2D eigenvalue weighted by Gasteiger charge is 2.40. The number of hydrogen-bond acceptors (Lipinski definition) is 4. The average molecular weight is 429 g/mol. The molecule has 3 aromatic carbocycles. The lowest BCUT2D eigenvalue weighted by molar-refractivity contribution is -0.120. The molecule has 0 aromatic heterocycles. The van der Waals surface area contributed by atoms with Crippen LogP contribution in [0.15, 0.2) is 82.2 Å². The van der Waals surface area contributed by atoms with Crippen molar-refractivity contribution in [3.05, 3.63) is 99.6 Å².